The largest absolute Gasteiger partial charge is 0.355 e. The number of rotatable bonds is 5. The molecular weight excluding hydrogens is 337 g/mol. The predicted molar refractivity (Wildman–Crippen MR) is 95.9 cm³/mol. The molecule has 0 radical (unpaired) electrons. The minimum Gasteiger partial charge on any atom is -0.355 e. The van der Waals surface area contributed by atoms with Gasteiger partial charge in [0.1, 0.15) is 0 Å². The van der Waals surface area contributed by atoms with Crippen LogP contribution < -0.4 is 15.5 Å². The van der Waals surface area contributed by atoms with E-state index in [4.69, 9.17) is 0 Å². The molecule has 3 rings (SSSR count). The molecule has 1 unspecified atom stereocenters. The van der Waals surface area contributed by atoms with Crippen molar-refractivity contribution in [2.24, 2.45) is 5.92 Å². The maximum absolute atomic E-state index is 12.0. The molecule has 0 saturated carbocycles. The van der Waals surface area contributed by atoms with Gasteiger partial charge in [-0.25, -0.2) is 0 Å². The fourth-order valence-corrected chi connectivity index (χ4v) is 3.00. The quantitative estimate of drug-likeness (QED) is 0.834. The molecule has 2 fully saturated rings. The van der Waals surface area contributed by atoms with Gasteiger partial charge in [0.25, 0.3) is 5.91 Å². The lowest BCUT2D eigenvalue weighted by molar-refractivity contribution is 0.0945. The van der Waals surface area contributed by atoms with Crippen LogP contribution in [0.25, 0.3) is 0 Å². The molecule has 2 N–H and O–H groups in total. The lowest BCUT2D eigenvalue weighted by Gasteiger charge is -2.15. The van der Waals surface area contributed by atoms with Crippen LogP contribution in [-0.4, -0.2) is 48.8 Å². The van der Waals surface area contributed by atoms with E-state index in [-0.39, 0.29) is 30.7 Å². The van der Waals surface area contributed by atoms with Gasteiger partial charge in [0, 0.05) is 19.6 Å². The first kappa shape index (κ1) is 19.9. The average Bonchev–Trinajstić information content (AvgIpc) is 3.21. The first-order chi connectivity index (χ1) is 10.3. The Hall–Kier alpha value is -1.11. The van der Waals surface area contributed by atoms with E-state index in [1.165, 1.54) is 19.3 Å². The second-order valence-corrected chi connectivity index (χ2v) is 5.87. The third-order valence-electron chi connectivity index (χ3n) is 4.31. The van der Waals surface area contributed by atoms with Crippen molar-refractivity contribution in [1.29, 1.82) is 0 Å². The van der Waals surface area contributed by atoms with E-state index in [1.807, 2.05) is 6.07 Å². The minimum absolute atomic E-state index is 0. The number of aromatic nitrogens is 2. The second-order valence-electron chi connectivity index (χ2n) is 5.87. The van der Waals surface area contributed by atoms with Crippen LogP contribution in [-0.2, 0) is 0 Å². The van der Waals surface area contributed by atoms with Crippen molar-refractivity contribution in [2.75, 3.05) is 37.6 Å². The molecule has 130 valence electrons. The summed E-state index contributed by atoms with van der Waals surface area (Å²) < 4.78 is 0. The number of hydrogen-bond donors (Lipinski definition) is 2. The van der Waals surface area contributed by atoms with Crippen molar-refractivity contribution in [2.45, 2.75) is 25.7 Å². The van der Waals surface area contributed by atoms with Gasteiger partial charge in [-0.3, -0.25) is 4.79 Å². The molecule has 3 heterocycles. The Labute approximate surface area is 149 Å². The van der Waals surface area contributed by atoms with Crippen LogP contribution in [0.1, 0.15) is 36.2 Å². The molecule has 1 amide bonds. The van der Waals surface area contributed by atoms with Crippen LogP contribution >= 0.6 is 24.8 Å². The molecule has 1 aromatic rings. The first-order valence-corrected chi connectivity index (χ1v) is 7.90. The highest BCUT2D eigenvalue weighted by atomic mass is 35.5. The van der Waals surface area contributed by atoms with Crippen LogP contribution in [0, 0.1) is 5.92 Å². The van der Waals surface area contributed by atoms with Crippen molar-refractivity contribution >= 4 is 36.5 Å². The molecule has 1 aromatic heterocycles. The van der Waals surface area contributed by atoms with E-state index in [2.05, 4.69) is 25.7 Å². The number of nitrogens with zero attached hydrogens (tertiary/aromatic N) is 3. The van der Waals surface area contributed by atoms with Gasteiger partial charge < -0.3 is 15.5 Å². The van der Waals surface area contributed by atoms with Gasteiger partial charge in [-0.05, 0) is 56.8 Å². The van der Waals surface area contributed by atoms with Gasteiger partial charge in [-0.2, -0.15) is 0 Å². The third kappa shape index (κ3) is 5.48. The summed E-state index contributed by atoms with van der Waals surface area (Å²) >= 11 is 0. The van der Waals surface area contributed by atoms with Crippen molar-refractivity contribution in [3.63, 3.8) is 0 Å². The average molecular weight is 362 g/mol. The topological polar surface area (TPSA) is 70.2 Å². The van der Waals surface area contributed by atoms with E-state index in [1.54, 1.807) is 6.07 Å². The number of hydrogen-bond acceptors (Lipinski definition) is 5. The zero-order chi connectivity index (χ0) is 14.5. The lowest BCUT2D eigenvalue weighted by Crippen LogP contribution is -2.28. The normalized spacial score (nSPS) is 19.8. The summed E-state index contributed by atoms with van der Waals surface area (Å²) in [6.07, 6.45) is 4.65. The maximum atomic E-state index is 12.0. The van der Waals surface area contributed by atoms with Gasteiger partial charge in [-0.15, -0.1) is 35.0 Å². The van der Waals surface area contributed by atoms with Crippen LogP contribution in [0.2, 0.25) is 0 Å². The summed E-state index contributed by atoms with van der Waals surface area (Å²) in [6, 6.07) is 3.67. The Morgan fingerprint density at radius 2 is 2.04 bits per heavy atom. The zero-order valence-electron chi connectivity index (χ0n) is 13.2. The number of amides is 1. The van der Waals surface area contributed by atoms with Gasteiger partial charge in [0.05, 0.1) is 0 Å². The Morgan fingerprint density at radius 1 is 1.26 bits per heavy atom. The summed E-state index contributed by atoms with van der Waals surface area (Å²) in [4.78, 5) is 14.2. The SMILES string of the molecule is Cl.Cl.O=C(NCCC1CCNC1)c1ccc(N2CCCC2)nn1. The van der Waals surface area contributed by atoms with Gasteiger partial charge in [0.15, 0.2) is 11.5 Å². The highest BCUT2D eigenvalue weighted by Gasteiger charge is 2.16. The summed E-state index contributed by atoms with van der Waals surface area (Å²) in [5.41, 5.74) is 0.405. The lowest BCUT2D eigenvalue weighted by atomic mass is 10.1. The Bertz CT molecular complexity index is 473. The molecule has 0 aromatic carbocycles. The van der Waals surface area contributed by atoms with Gasteiger partial charge >= 0.3 is 0 Å². The maximum Gasteiger partial charge on any atom is 0.271 e. The fourth-order valence-electron chi connectivity index (χ4n) is 3.00. The Kier molecular flexibility index (Phi) is 8.58. The molecule has 0 bridgehead atoms. The highest BCUT2D eigenvalue weighted by Crippen LogP contribution is 2.16. The van der Waals surface area contributed by atoms with E-state index < -0.39 is 0 Å². The minimum atomic E-state index is -0.124. The highest BCUT2D eigenvalue weighted by molar-refractivity contribution is 5.92. The number of anilines is 1. The third-order valence-corrected chi connectivity index (χ3v) is 4.31. The van der Waals surface area contributed by atoms with Crippen molar-refractivity contribution in [3.8, 4) is 0 Å². The molecule has 2 aliphatic heterocycles. The molecular formula is C15H25Cl2N5O. The predicted octanol–water partition coefficient (Wildman–Crippen LogP) is 1.65. The summed E-state index contributed by atoms with van der Waals surface area (Å²) in [5, 5.41) is 14.5. The summed E-state index contributed by atoms with van der Waals surface area (Å²) in [5.74, 6) is 1.44. The van der Waals surface area contributed by atoms with Crippen molar-refractivity contribution in [3.05, 3.63) is 17.8 Å². The molecule has 0 spiro atoms. The summed E-state index contributed by atoms with van der Waals surface area (Å²) in [7, 11) is 0. The van der Waals surface area contributed by atoms with E-state index in [0.29, 0.717) is 18.2 Å². The van der Waals surface area contributed by atoms with Crippen LogP contribution in [0.3, 0.4) is 0 Å². The molecule has 1 atom stereocenters. The van der Waals surface area contributed by atoms with Crippen LogP contribution in [0.15, 0.2) is 12.1 Å². The number of carbonyl (C=O) groups excluding carboxylic acids is 1. The summed E-state index contributed by atoms with van der Waals surface area (Å²) in [6.45, 7) is 4.95. The second kappa shape index (κ2) is 9.90. The molecule has 23 heavy (non-hydrogen) atoms. The first-order valence-electron chi connectivity index (χ1n) is 7.90. The van der Waals surface area contributed by atoms with E-state index in [0.717, 1.165) is 38.4 Å². The number of carbonyl (C=O) groups is 1. The Balaban J connectivity index is 0.00000132. The monoisotopic (exact) mass is 361 g/mol. The molecule has 2 saturated heterocycles. The Morgan fingerprint density at radius 3 is 2.65 bits per heavy atom. The zero-order valence-corrected chi connectivity index (χ0v) is 14.8. The molecule has 6 nitrogen and oxygen atoms in total. The van der Waals surface area contributed by atoms with Crippen LogP contribution in [0.4, 0.5) is 5.82 Å². The molecule has 2 aliphatic rings. The van der Waals surface area contributed by atoms with Crippen LogP contribution in [0.5, 0.6) is 0 Å². The number of nitrogens with one attached hydrogen (secondary N) is 2. The standard InChI is InChI=1S/C15H23N5O.2ClH/c21-15(17-8-6-12-5-7-16-11-12)13-3-4-14(19-18-13)20-9-1-2-10-20;;/h3-4,12,16H,1-2,5-11H2,(H,17,21);2*1H. The van der Waals surface area contributed by atoms with Crippen molar-refractivity contribution in [1.82, 2.24) is 20.8 Å². The van der Waals surface area contributed by atoms with E-state index in [9.17, 15) is 4.79 Å². The molecule has 8 heteroatoms. The molecule has 0 aliphatic carbocycles. The van der Waals surface area contributed by atoms with Gasteiger partial charge in [0.2, 0.25) is 0 Å². The van der Waals surface area contributed by atoms with Crippen molar-refractivity contribution < 1.29 is 4.79 Å². The fraction of sp³-hybridized carbons (Fsp3) is 0.667. The van der Waals surface area contributed by atoms with E-state index >= 15 is 0 Å². The smallest absolute Gasteiger partial charge is 0.271 e. The number of halogens is 2. The van der Waals surface area contributed by atoms with Gasteiger partial charge in [-0.1, -0.05) is 0 Å².